The van der Waals surface area contributed by atoms with E-state index in [0.29, 0.717) is 24.9 Å². The molecule has 1 amide bonds. The first-order chi connectivity index (χ1) is 15.1. The Labute approximate surface area is 186 Å². The summed E-state index contributed by atoms with van der Waals surface area (Å²) < 4.78 is 40.4. The lowest BCUT2D eigenvalue weighted by molar-refractivity contribution is -0.136. The lowest BCUT2D eigenvalue weighted by atomic mass is 9.80. The molecule has 1 aliphatic carbocycles. The van der Waals surface area contributed by atoms with Gasteiger partial charge in [-0.05, 0) is 49.4 Å². The third-order valence-corrected chi connectivity index (χ3v) is 6.78. The molecule has 1 aromatic heterocycles. The molecule has 8 heteroatoms. The number of nitrogens with zero attached hydrogens (tertiary/aromatic N) is 2. The van der Waals surface area contributed by atoms with E-state index in [2.05, 4.69) is 22.1 Å². The highest BCUT2D eigenvalue weighted by Gasteiger charge is 2.35. The van der Waals surface area contributed by atoms with E-state index in [0.717, 1.165) is 43.9 Å². The molecular weight excluding hydrogens is 417 g/mol. The Balaban J connectivity index is 1.52. The number of fused-ring (bicyclic) bond motifs is 1. The molecule has 1 aliphatic heterocycles. The van der Waals surface area contributed by atoms with Crippen molar-refractivity contribution in [2.24, 2.45) is 11.7 Å². The Kier molecular flexibility index (Phi) is 6.34. The van der Waals surface area contributed by atoms with Crippen LogP contribution in [-0.2, 0) is 11.0 Å². The second-order valence-corrected chi connectivity index (χ2v) is 9.64. The van der Waals surface area contributed by atoms with Crippen molar-refractivity contribution in [1.82, 2.24) is 10.3 Å². The quantitative estimate of drug-likeness (QED) is 0.715. The SMILES string of the molecule is C[C@H]1C[C@@H](NC(=O)CC2(N)CCCCC2)CN(c2ccc(C(F)(F)F)c3ncccc23)C1. The number of carbonyl (C=O) groups is 1. The summed E-state index contributed by atoms with van der Waals surface area (Å²) in [6, 6.07) is 5.90. The van der Waals surface area contributed by atoms with Crippen molar-refractivity contribution in [2.45, 2.75) is 69.6 Å². The fourth-order valence-corrected chi connectivity index (χ4v) is 5.35. The van der Waals surface area contributed by atoms with Crippen LogP contribution in [0.4, 0.5) is 18.9 Å². The fourth-order valence-electron chi connectivity index (χ4n) is 5.35. The van der Waals surface area contributed by atoms with Crippen LogP contribution in [0.5, 0.6) is 0 Å². The number of halogens is 3. The van der Waals surface area contributed by atoms with Gasteiger partial charge in [-0.2, -0.15) is 13.2 Å². The van der Waals surface area contributed by atoms with Crippen LogP contribution < -0.4 is 16.0 Å². The Morgan fingerprint density at radius 3 is 2.69 bits per heavy atom. The molecule has 1 aromatic carbocycles. The van der Waals surface area contributed by atoms with Crippen LogP contribution in [0.2, 0.25) is 0 Å². The Morgan fingerprint density at radius 2 is 1.97 bits per heavy atom. The molecule has 0 unspecified atom stereocenters. The van der Waals surface area contributed by atoms with Crippen LogP contribution >= 0.6 is 0 Å². The van der Waals surface area contributed by atoms with E-state index in [9.17, 15) is 18.0 Å². The summed E-state index contributed by atoms with van der Waals surface area (Å²) >= 11 is 0. The molecule has 5 nitrogen and oxygen atoms in total. The van der Waals surface area contributed by atoms with Crippen molar-refractivity contribution in [2.75, 3.05) is 18.0 Å². The smallest absolute Gasteiger partial charge is 0.369 e. The normalized spacial score (nSPS) is 23.8. The lowest BCUT2D eigenvalue weighted by Crippen LogP contribution is -2.53. The number of hydrogen-bond donors (Lipinski definition) is 2. The van der Waals surface area contributed by atoms with E-state index < -0.39 is 17.3 Å². The van der Waals surface area contributed by atoms with Crippen molar-refractivity contribution in [3.8, 4) is 0 Å². The average Bonchev–Trinajstić information content (AvgIpc) is 2.71. The summed E-state index contributed by atoms with van der Waals surface area (Å²) in [6.07, 6.45) is 3.12. The van der Waals surface area contributed by atoms with Gasteiger partial charge in [-0.3, -0.25) is 9.78 Å². The Hall–Kier alpha value is -2.35. The number of aromatic nitrogens is 1. The van der Waals surface area contributed by atoms with Crippen LogP contribution in [-0.4, -0.2) is 35.6 Å². The molecule has 3 N–H and O–H groups in total. The van der Waals surface area contributed by atoms with Crippen molar-refractivity contribution >= 4 is 22.5 Å². The van der Waals surface area contributed by atoms with Gasteiger partial charge in [-0.15, -0.1) is 0 Å². The minimum Gasteiger partial charge on any atom is -0.369 e. The maximum absolute atomic E-state index is 13.5. The molecule has 2 aromatic rings. The van der Waals surface area contributed by atoms with Crippen LogP contribution in [0.1, 0.15) is 57.4 Å². The van der Waals surface area contributed by atoms with E-state index in [1.165, 1.54) is 18.7 Å². The zero-order valence-electron chi connectivity index (χ0n) is 18.4. The van der Waals surface area contributed by atoms with Crippen molar-refractivity contribution in [3.05, 3.63) is 36.0 Å². The van der Waals surface area contributed by atoms with E-state index >= 15 is 0 Å². The number of nitrogens with one attached hydrogen (secondary N) is 1. The minimum absolute atomic E-state index is 0.0348. The number of nitrogens with two attached hydrogens (primary N) is 1. The van der Waals surface area contributed by atoms with E-state index in [-0.39, 0.29) is 23.4 Å². The van der Waals surface area contributed by atoms with Gasteiger partial charge in [0.15, 0.2) is 0 Å². The summed E-state index contributed by atoms with van der Waals surface area (Å²) in [5, 5.41) is 3.63. The molecule has 4 rings (SSSR count). The fraction of sp³-hybridized carbons (Fsp3) is 0.583. The van der Waals surface area contributed by atoms with Gasteiger partial charge in [0.25, 0.3) is 0 Å². The molecule has 32 heavy (non-hydrogen) atoms. The molecular formula is C24H31F3N4O. The largest absolute Gasteiger partial charge is 0.418 e. The maximum Gasteiger partial charge on any atom is 0.418 e. The van der Waals surface area contributed by atoms with Gasteiger partial charge in [0, 0.05) is 48.4 Å². The molecule has 2 aliphatic rings. The lowest BCUT2D eigenvalue weighted by Gasteiger charge is -2.39. The third-order valence-electron chi connectivity index (χ3n) is 6.78. The van der Waals surface area contributed by atoms with Crippen molar-refractivity contribution in [3.63, 3.8) is 0 Å². The summed E-state index contributed by atoms with van der Waals surface area (Å²) in [4.78, 5) is 18.9. The summed E-state index contributed by atoms with van der Waals surface area (Å²) in [6.45, 7) is 3.35. The molecule has 174 valence electrons. The zero-order chi connectivity index (χ0) is 22.9. The highest BCUT2D eigenvalue weighted by molar-refractivity contribution is 5.94. The number of piperidine rings is 1. The van der Waals surface area contributed by atoms with Gasteiger partial charge in [0.2, 0.25) is 5.91 Å². The first kappa shape index (κ1) is 22.8. The van der Waals surface area contributed by atoms with Gasteiger partial charge in [0.1, 0.15) is 0 Å². The number of pyridine rings is 1. The average molecular weight is 449 g/mol. The summed E-state index contributed by atoms with van der Waals surface area (Å²) in [5.74, 6) is 0.247. The first-order valence-corrected chi connectivity index (χ1v) is 11.4. The Bertz CT molecular complexity index is 971. The van der Waals surface area contributed by atoms with Gasteiger partial charge in [0.05, 0.1) is 11.1 Å². The van der Waals surface area contributed by atoms with Gasteiger partial charge in [-0.1, -0.05) is 26.2 Å². The molecule has 0 bridgehead atoms. The number of anilines is 1. The molecule has 2 atom stereocenters. The molecule has 2 fully saturated rings. The standard InChI is InChI=1S/C24H31F3N4O/c1-16-12-17(30-21(32)13-23(28)9-3-2-4-10-23)15-31(14-16)20-8-7-19(24(25,26)27)22-18(20)6-5-11-29-22/h5-8,11,16-17H,2-4,9-10,12-15,28H2,1H3,(H,30,32)/t16-,17+/m0/s1. The van der Waals surface area contributed by atoms with E-state index in [4.69, 9.17) is 5.73 Å². The molecule has 0 radical (unpaired) electrons. The van der Waals surface area contributed by atoms with Gasteiger partial charge in [-0.25, -0.2) is 0 Å². The Morgan fingerprint density at radius 1 is 1.22 bits per heavy atom. The number of hydrogen-bond acceptors (Lipinski definition) is 4. The van der Waals surface area contributed by atoms with Gasteiger partial charge >= 0.3 is 6.18 Å². The number of alkyl halides is 3. The predicted molar refractivity (Wildman–Crippen MR) is 119 cm³/mol. The van der Waals surface area contributed by atoms with Gasteiger partial charge < -0.3 is 16.0 Å². The topological polar surface area (TPSA) is 71.2 Å². The number of rotatable bonds is 4. The number of carbonyl (C=O) groups excluding carboxylic acids is 1. The third kappa shape index (κ3) is 5.00. The summed E-state index contributed by atoms with van der Waals surface area (Å²) in [5.41, 5.74) is 5.98. The maximum atomic E-state index is 13.5. The second kappa shape index (κ2) is 8.89. The zero-order valence-corrected chi connectivity index (χ0v) is 18.4. The molecule has 1 saturated heterocycles. The number of benzene rings is 1. The van der Waals surface area contributed by atoms with E-state index in [1.54, 1.807) is 12.1 Å². The van der Waals surface area contributed by atoms with Crippen molar-refractivity contribution < 1.29 is 18.0 Å². The predicted octanol–water partition coefficient (Wildman–Crippen LogP) is 4.64. The molecule has 2 heterocycles. The van der Waals surface area contributed by atoms with Crippen LogP contribution in [0.25, 0.3) is 10.9 Å². The first-order valence-electron chi connectivity index (χ1n) is 11.4. The van der Waals surface area contributed by atoms with E-state index in [1.807, 2.05) is 0 Å². The van der Waals surface area contributed by atoms with Crippen LogP contribution in [0, 0.1) is 5.92 Å². The molecule has 0 spiro atoms. The highest BCUT2D eigenvalue weighted by Crippen LogP contribution is 2.38. The monoisotopic (exact) mass is 448 g/mol. The second-order valence-electron chi connectivity index (χ2n) is 9.64. The van der Waals surface area contributed by atoms with Crippen LogP contribution in [0.15, 0.2) is 30.5 Å². The molecule has 1 saturated carbocycles. The number of amides is 1. The summed E-state index contributed by atoms with van der Waals surface area (Å²) in [7, 11) is 0. The van der Waals surface area contributed by atoms with Crippen LogP contribution in [0.3, 0.4) is 0 Å². The highest BCUT2D eigenvalue weighted by atomic mass is 19.4. The van der Waals surface area contributed by atoms with Crippen molar-refractivity contribution in [1.29, 1.82) is 0 Å². The minimum atomic E-state index is -4.46.